The summed E-state index contributed by atoms with van der Waals surface area (Å²) in [4.78, 5) is 8.76. The molecule has 0 amide bonds. The van der Waals surface area contributed by atoms with Crippen LogP contribution in [0.4, 0.5) is 5.95 Å². The van der Waals surface area contributed by atoms with Crippen LogP contribution < -0.4 is 5.32 Å². The molecular weight excluding hydrogens is 352 g/mol. The van der Waals surface area contributed by atoms with Gasteiger partial charge in [-0.1, -0.05) is 6.42 Å². The second kappa shape index (κ2) is 6.74. The molecule has 1 N–H and O–H groups in total. The molecule has 2 aromatic heterocycles. The zero-order valence-corrected chi connectivity index (χ0v) is 14.2. The van der Waals surface area contributed by atoms with E-state index < -0.39 is 0 Å². The maximum atomic E-state index is 4.52. The first-order valence-corrected chi connectivity index (χ1v) is 8.75. The van der Waals surface area contributed by atoms with Crippen LogP contribution in [0.1, 0.15) is 32.0 Å². The lowest BCUT2D eigenvalue weighted by Crippen LogP contribution is -2.04. The zero-order chi connectivity index (χ0) is 14.7. The van der Waals surface area contributed by atoms with Gasteiger partial charge in [-0.15, -0.1) is 10.2 Å². The van der Waals surface area contributed by atoms with Gasteiger partial charge in [-0.3, -0.25) is 0 Å². The molecule has 112 valence electrons. The quantitative estimate of drug-likeness (QED) is 0.836. The fourth-order valence-electron chi connectivity index (χ4n) is 2.29. The van der Waals surface area contributed by atoms with Crippen molar-refractivity contribution in [3.05, 3.63) is 16.5 Å². The summed E-state index contributed by atoms with van der Waals surface area (Å²) < 4.78 is 3.10. The van der Waals surface area contributed by atoms with Crippen LogP contribution in [0.25, 0.3) is 0 Å². The molecule has 0 unspecified atom stereocenters. The van der Waals surface area contributed by atoms with Crippen LogP contribution in [0.5, 0.6) is 0 Å². The van der Waals surface area contributed by atoms with Crippen molar-refractivity contribution < 1.29 is 0 Å². The van der Waals surface area contributed by atoms with Gasteiger partial charge in [0.1, 0.15) is 10.9 Å². The van der Waals surface area contributed by atoms with E-state index in [1.807, 2.05) is 6.92 Å². The molecule has 1 aliphatic rings. The molecule has 21 heavy (non-hydrogen) atoms. The molecule has 0 radical (unpaired) electrons. The molecule has 8 heteroatoms. The van der Waals surface area contributed by atoms with Gasteiger partial charge < -0.3 is 9.88 Å². The fourth-order valence-corrected chi connectivity index (χ4v) is 3.56. The Balaban J connectivity index is 1.86. The third-order valence-electron chi connectivity index (χ3n) is 3.31. The van der Waals surface area contributed by atoms with Crippen LogP contribution in [-0.4, -0.2) is 31.3 Å². The highest BCUT2D eigenvalue weighted by molar-refractivity contribution is 9.10. The van der Waals surface area contributed by atoms with Gasteiger partial charge in [0, 0.05) is 25.7 Å². The van der Waals surface area contributed by atoms with Crippen molar-refractivity contribution in [2.24, 2.45) is 0 Å². The number of rotatable bonds is 4. The molecular formula is C13H17BrN6S. The maximum absolute atomic E-state index is 4.52. The Hall–Kier alpha value is -1.15. The van der Waals surface area contributed by atoms with Crippen LogP contribution in [-0.2, 0) is 13.0 Å². The van der Waals surface area contributed by atoms with E-state index in [9.17, 15) is 0 Å². The first-order chi connectivity index (χ1) is 10.3. The number of hydrogen-bond donors (Lipinski definition) is 1. The molecule has 0 aromatic carbocycles. The third-order valence-corrected chi connectivity index (χ3v) is 5.14. The summed E-state index contributed by atoms with van der Waals surface area (Å²) in [6.45, 7) is 3.82. The Labute approximate surface area is 136 Å². The Morgan fingerprint density at radius 2 is 2.24 bits per heavy atom. The lowest BCUT2D eigenvalue weighted by Gasteiger charge is -2.08. The van der Waals surface area contributed by atoms with Crippen molar-refractivity contribution in [3.8, 4) is 0 Å². The molecule has 3 rings (SSSR count). The van der Waals surface area contributed by atoms with Gasteiger partial charge in [0.05, 0.1) is 4.47 Å². The molecule has 0 aliphatic carbocycles. The number of fused-ring (bicyclic) bond motifs is 1. The van der Waals surface area contributed by atoms with E-state index in [1.165, 1.54) is 31.0 Å². The molecule has 2 aromatic rings. The average Bonchev–Trinajstić information content (AvgIpc) is 2.71. The number of halogens is 1. The Morgan fingerprint density at radius 3 is 3.10 bits per heavy atom. The van der Waals surface area contributed by atoms with Gasteiger partial charge >= 0.3 is 0 Å². The minimum Gasteiger partial charge on any atom is -0.354 e. The van der Waals surface area contributed by atoms with Crippen LogP contribution in [0.2, 0.25) is 0 Å². The van der Waals surface area contributed by atoms with Crippen molar-refractivity contribution >= 4 is 33.6 Å². The van der Waals surface area contributed by atoms with Crippen LogP contribution in [0.3, 0.4) is 0 Å². The summed E-state index contributed by atoms with van der Waals surface area (Å²) in [5, 5.41) is 13.5. The minimum atomic E-state index is 0.638. The van der Waals surface area contributed by atoms with E-state index in [0.717, 1.165) is 40.0 Å². The highest BCUT2D eigenvalue weighted by Gasteiger charge is 2.17. The summed E-state index contributed by atoms with van der Waals surface area (Å²) in [6.07, 6.45) is 6.43. The zero-order valence-electron chi connectivity index (χ0n) is 11.8. The van der Waals surface area contributed by atoms with Crippen molar-refractivity contribution in [2.75, 3.05) is 11.9 Å². The average molecular weight is 369 g/mol. The van der Waals surface area contributed by atoms with Crippen molar-refractivity contribution in [1.82, 2.24) is 24.7 Å². The molecule has 0 bridgehead atoms. The summed E-state index contributed by atoms with van der Waals surface area (Å²) in [5.41, 5.74) is 0. The number of nitrogens with one attached hydrogen (secondary N) is 1. The first kappa shape index (κ1) is 14.8. The maximum Gasteiger partial charge on any atom is 0.223 e. The number of hydrogen-bond acceptors (Lipinski definition) is 6. The van der Waals surface area contributed by atoms with E-state index in [4.69, 9.17) is 0 Å². The number of aryl methyl sites for hydroxylation is 1. The first-order valence-electron chi connectivity index (χ1n) is 7.14. The number of aromatic nitrogens is 5. The van der Waals surface area contributed by atoms with E-state index in [1.54, 1.807) is 6.20 Å². The summed E-state index contributed by atoms with van der Waals surface area (Å²) in [6, 6.07) is 0. The molecule has 3 heterocycles. The largest absolute Gasteiger partial charge is 0.354 e. The Bertz CT molecular complexity index is 629. The van der Waals surface area contributed by atoms with Gasteiger partial charge in [0.2, 0.25) is 5.95 Å². The van der Waals surface area contributed by atoms with Crippen molar-refractivity contribution in [3.63, 3.8) is 0 Å². The predicted octanol–water partition coefficient (Wildman–Crippen LogP) is 3.14. The van der Waals surface area contributed by atoms with Gasteiger partial charge in [-0.05, 0) is 47.5 Å². The van der Waals surface area contributed by atoms with Crippen molar-refractivity contribution in [2.45, 2.75) is 49.3 Å². The highest BCUT2D eigenvalue weighted by atomic mass is 79.9. The second-order valence-electron chi connectivity index (χ2n) is 4.84. The SMILES string of the molecule is CCNc1ncc(Br)c(Sc2nnc3n2CCCCC3)n1. The highest BCUT2D eigenvalue weighted by Crippen LogP contribution is 2.32. The molecule has 0 atom stereocenters. The lowest BCUT2D eigenvalue weighted by atomic mass is 10.2. The molecule has 6 nitrogen and oxygen atoms in total. The van der Waals surface area contributed by atoms with Crippen LogP contribution in [0.15, 0.2) is 20.9 Å². The summed E-state index contributed by atoms with van der Waals surface area (Å²) in [7, 11) is 0. The van der Waals surface area contributed by atoms with Gasteiger partial charge in [-0.25, -0.2) is 9.97 Å². The Kier molecular flexibility index (Phi) is 4.74. The topological polar surface area (TPSA) is 68.5 Å². The normalized spacial score (nSPS) is 14.6. The molecule has 0 fully saturated rings. The van der Waals surface area contributed by atoms with Crippen LogP contribution in [0, 0.1) is 0 Å². The second-order valence-corrected chi connectivity index (χ2v) is 6.65. The predicted molar refractivity (Wildman–Crippen MR) is 85.6 cm³/mol. The van der Waals surface area contributed by atoms with Crippen molar-refractivity contribution in [1.29, 1.82) is 0 Å². The third kappa shape index (κ3) is 3.37. The van der Waals surface area contributed by atoms with E-state index in [0.29, 0.717) is 5.95 Å². The lowest BCUT2D eigenvalue weighted by molar-refractivity contribution is 0.590. The van der Waals surface area contributed by atoms with E-state index >= 15 is 0 Å². The van der Waals surface area contributed by atoms with Gasteiger partial charge in [0.15, 0.2) is 5.16 Å². The van der Waals surface area contributed by atoms with Gasteiger partial charge in [0.25, 0.3) is 0 Å². The molecule has 0 saturated heterocycles. The number of nitrogens with zero attached hydrogens (tertiary/aromatic N) is 5. The molecule has 0 spiro atoms. The monoisotopic (exact) mass is 368 g/mol. The standard InChI is InChI=1S/C13H17BrN6S/c1-2-15-12-16-8-9(14)11(17-12)21-13-19-18-10-6-4-3-5-7-20(10)13/h8H,2-7H2,1H3,(H,15,16,17). The summed E-state index contributed by atoms with van der Waals surface area (Å²) >= 11 is 5.04. The van der Waals surface area contributed by atoms with Gasteiger partial charge in [-0.2, -0.15) is 0 Å². The smallest absolute Gasteiger partial charge is 0.223 e. The molecule has 0 saturated carbocycles. The Morgan fingerprint density at radius 1 is 1.33 bits per heavy atom. The van der Waals surface area contributed by atoms with Crippen LogP contribution >= 0.6 is 27.7 Å². The summed E-state index contributed by atoms with van der Waals surface area (Å²) in [5.74, 6) is 1.73. The fraction of sp³-hybridized carbons (Fsp3) is 0.538. The number of anilines is 1. The molecule has 1 aliphatic heterocycles. The minimum absolute atomic E-state index is 0.638. The van der Waals surface area contributed by atoms with E-state index in [2.05, 4.69) is 46.0 Å². The van der Waals surface area contributed by atoms with E-state index in [-0.39, 0.29) is 0 Å².